The van der Waals surface area contributed by atoms with Crippen LogP contribution >= 0.6 is 0 Å². The van der Waals surface area contributed by atoms with Crippen LogP contribution in [0.5, 0.6) is 5.75 Å². The lowest BCUT2D eigenvalue weighted by Gasteiger charge is -2.33. The topological polar surface area (TPSA) is 32.7 Å². The van der Waals surface area contributed by atoms with Gasteiger partial charge in [0.2, 0.25) is 0 Å². The van der Waals surface area contributed by atoms with Gasteiger partial charge in [0.25, 0.3) is 0 Å². The average molecular weight is 438 g/mol. The van der Waals surface area contributed by atoms with Crippen LogP contribution in [0.25, 0.3) is 0 Å². The summed E-state index contributed by atoms with van der Waals surface area (Å²) in [7, 11) is 0. The molecule has 1 aliphatic rings. The molecule has 32 heavy (non-hydrogen) atoms. The zero-order valence-electron chi connectivity index (χ0n) is 18.3. The lowest BCUT2D eigenvalue weighted by molar-refractivity contribution is 0.0248. The van der Waals surface area contributed by atoms with E-state index in [9.17, 15) is 13.9 Å². The molecule has 4 rings (SSSR count). The third-order valence-corrected chi connectivity index (χ3v) is 6.08. The SMILES string of the molecule is Cc1ccc(O)c(CN2CCCC(COC(c3ccc(F)cc3)c3ccc(F)cc3)C2)c1. The second kappa shape index (κ2) is 10.2. The van der Waals surface area contributed by atoms with Crippen molar-refractivity contribution in [2.75, 3.05) is 19.7 Å². The standard InChI is InChI=1S/C27H29F2NO2/c1-19-4-13-26(31)23(15-19)17-30-14-2-3-20(16-30)18-32-27(21-5-9-24(28)10-6-21)22-7-11-25(29)12-8-22/h4-13,15,20,27,31H,2-3,14,16-18H2,1H3. The maximum Gasteiger partial charge on any atom is 0.123 e. The van der Waals surface area contributed by atoms with Gasteiger partial charge in [-0.05, 0) is 73.7 Å². The van der Waals surface area contributed by atoms with Gasteiger partial charge in [-0.15, -0.1) is 0 Å². The largest absolute Gasteiger partial charge is 0.508 e. The monoisotopic (exact) mass is 437 g/mol. The molecular formula is C27H29F2NO2. The van der Waals surface area contributed by atoms with Crippen LogP contribution < -0.4 is 0 Å². The van der Waals surface area contributed by atoms with Gasteiger partial charge in [-0.2, -0.15) is 0 Å². The molecule has 3 aromatic carbocycles. The van der Waals surface area contributed by atoms with Crippen LogP contribution in [-0.2, 0) is 11.3 Å². The van der Waals surface area contributed by atoms with E-state index in [1.165, 1.54) is 24.3 Å². The predicted octanol–water partition coefficient (Wildman–Crippen LogP) is 6.00. The Morgan fingerprint density at radius 3 is 2.22 bits per heavy atom. The Hall–Kier alpha value is -2.76. The molecule has 0 aromatic heterocycles. The summed E-state index contributed by atoms with van der Waals surface area (Å²) in [6, 6.07) is 18.3. The zero-order valence-corrected chi connectivity index (χ0v) is 18.3. The molecule has 3 aromatic rings. The number of ether oxygens (including phenoxy) is 1. The maximum atomic E-state index is 13.4. The summed E-state index contributed by atoms with van der Waals surface area (Å²) in [5.41, 5.74) is 3.77. The number of halogens is 2. The lowest BCUT2D eigenvalue weighted by atomic mass is 9.97. The number of hydrogen-bond donors (Lipinski definition) is 1. The number of benzene rings is 3. The summed E-state index contributed by atoms with van der Waals surface area (Å²) in [6.07, 6.45) is 1.75. The van der Waals surface area contributed by atoms with Gasteiger partial charge < -0.3 is 9.84 Å². The van der Waals surface area contributed by atoms with E-state index in [1.807, 2.05) is 19.1 Å². The number of likely N-dealkylation sites (tertiary alicyclic amines) is 1. The Labute approximate surface area is 188 Å². The maximum absolute atomic E-state index is 13.4. The van der Waals surface area contributed by atoms with E-state index in [1.54, 1.807) is 30.3 Å². The van der Waals surface area contributed by atoms with Crippen LogP contribution in [0, 0.1) is 24.5 Å². The highest BCUT2D eigenvalue weighted by Gasteiger charge is 2.23. The number of rotatable bonds is 7. The fourth-order valence-corrected chi connectivity index (χ4v) is 4.41. The summed E-state index contributed by atoms with van der Waals surface area (Å²) >= 11 is 0. The lowest BCUT2D eigenvalue weighted by Crippen LogP contribution is -2.37. The third kappa shape index (κ3) is 5.72. The molecule has 3 nitrogen and oxygen atoms in total. The summed E-state index contributed by atoms with van der Waals surface area (Å²) in [5, 5.41) is 10.2. The van der Waals surface area contributed by atoms with E-state index < -0.39 is 0 Å². The van der Waals surface area contributed by atoms with Gasteiger partial charge in [-0.3, -0.25) is 4.90 Å². The fourth-order valence-electron chi connectivity index (χ4n) is 4.41. The van der Waals surface area contributed by atoms with Crippen LogP contribution in [0.4, 0.5) is 8.78 Å². The first-order valence-electron chi connectivity index (χ1n) is 11.1. The van der Waals surface area contributed by atoms with Gasteiger partial charge in [0.05, 0.1) is 6.61 Å². The molecule has 168 valence electrons. The Kier molecular flexibility index (Phi) is 7.18. The molecular weight excluding hydrogens is 408 g/mol. The van der Waals surface area contributed by atoms with Crippen LogP contribution in [0.3, 0.4) is 0 Å². The normalized spacial score (nSPS) is 17.1. The molecule has 0 aliphatic carbocycles. The summed E-state index contributed by atoms with van der Waals surface area (Å²) in [4.78, 5) is 2.36. The number of aryl methyl sites for hydroxylation is 1. The van der Waals surface area contributed by atoms with Crippen molar-refractivity contribution < 1.29 is 18.6 Å². The summed E-state index contributed by atoms with van der Waals surface area (Å²) in [5.74, 6) is 0.0867. The van der Waals surface area contributed by atoms with E-state index in [0.29, 0.717) is 24.8 Å². The van der Waals surface area contributed by atoms with Crippen molar-refractivity contribution >= 4 is 0 Å². The van der Waals surface area contributed by atoms with Gasteiger partial charge >= 0.3 is 0 Å². The van der Waals surface area contributed by atoms with Gasteiger partial charge in [0.15, 0.2) is 0 Å². The minimum Gasteiger partial charge on any atom is -0.508 e. The summed E-state index contributed by atoms with van der Waals surface area (Å²) < 4.78 is 33.2. The first-order valence-corrected chi connectivity index (χ1v) is 11.1. The molecule has 1 unspecified atom stereocenters. The van der Waals surface area contributed by atoms with E-state index in [4.69, 9.17) is 4.74 Å². The highest BCUT2D eigenvalue weighted by atomic mass is 19.1. The smallest absolute Gasteiger partial charge is 0.123 e. The van der Waals surface area contributed by atoms with Crippen molar-refractivity contribution in [3.8, 4) is 5.75 Å². The second-order valence-corrected chi connectivity index (χ2v) is 8.69. The van der Waals surface area contributed by atoms with E-state index in [-0.39, 0.29) is 17.7 Å². The molecule has 1 heterocycles. The molecule has 5 heteroatoms. The first-order chi connectivity index (χ1) is 15.5. The Bertz CT molecular complexity index is 975. The molecule has 1 atom stereocenters. The Balaban J connectivity index is 1.43. The summed E-state index contributed by atoms with van der Waals surface area (Å²) in [6.45, 7) is 5.16. The van der Waals surface area contributed by atoms with Gasteiger partial charge in [-0.1, -0.05) is 42.0 Å². The van der Waals surface area contributed by atoms with Crippen molar-refractivity contribution in [1.29, 1.82) is 0 Å². The predicted molar refractivity (Wildman–Crippen MR) is 121 cm³/mol. The van der Waals surface area contributed by atoms with E-state index in [0.717, 1.165) is 48.2 Å². The van der Waals surface area contributed by atoms with Crippen molar-refractivity contribution in [2.45, 2.75) is 32.4 Å². The van der Waals surface area contributed by atoms with Crippen LogP contribution in [-0.4, -0.2) is 29.7 Å². The molecule has 0 bridgehead atoms. The average Bonchev–Trinajstić information content (AvgIpc) is 2.79. The molecule has 1 N–H and O–H groups in total. The number of nitrogens with zero attached hydrogens (tertiary/aromatic N) is 1. The van der Waals surface area contributed by atoms with Crippen LogP contribution in [0.1, 0.15) is 41.2 Å². The highest BCUT2D eigenvalue weighted by molar-refractivity contribution is 5.35. The number of piperidine rings is 1. The molecule has 1 saturated heterocycles. The highest BCUT2D eigenvalue weighted by Crippen LogP contribution is 2.29. The van der Waals surface area contributed by atoms with Gasteiger partial charge in [0.1, 0.15) is 23.5 Å². The minimum absolute atomic E-state index is 0.297. The first kappa shape index (κ1) is 22.4. The number of aromatic hydroxyl groups is 1. The second-order valence-electron chi connectivity index (χ2n) is 8.69. The van der Waals surface area contributed by atoms with Crippen molar-refractivity contribution in [3.63, 3.8) is 0 Å². The van der Waals surface area contributed by atoms with Gasteiger partial charge in [-0.25, -0.2) is 8.78 Å². The number of hydrogen-bond acceptors (Lipinski definition) is 3. The van der Waals surface area contributed by atoms with Crippen molar-refractivity contribution in [2.24, 2.45) is 5.92 Å². The quantitative estimate of drug-likeness (QED) is 0.492. The minimum atomic E-state index is -0.382. The molecule has 0 spiro atoms. The Morgan fingerprint density at radius 1 is 0.969 bits per heavy atom. The molecule has 1 aliphatic heterocycles. The molecule has 0 saturated carbocycles. The number of phenolic OH excluding ortho intramolecular Hbond substituents is 1. The molecule has 0 radical (unpaired) electrons. The third-order valence-electron chi connectivity index (χ3n) is 6.08. The van der Waals surface area contributed by atoms with E-state index >= 15 is 0 Å². The van der Waals surface area contributed by atoms with Crippen LogP contribution in [0.15, 0.2) is 66.7 Å². The van der Waals surface area contributed by atoms with Gasteiger partial charge in [0, 0.05) is 18.7 Å². The van der Waals surface area contributed by atoms with Crippen molar-refractivity contribution in [3.05, 3.63) is 101 Å². The van der Waals surface area contributed by atoms with Crippen molar-refractivity contribution in [1.82, 2.24) is 4.90 Å². The Morgan fingerprint density at radius 2 is 1.59 bits per heavy atom. The number of phenols is 1. The zero-order chi connectivity index (χ0) is 22.5. The van der Waals surface area contributed by atoms with E-state index in [2.05, 4.69) is 4.90 Å². The molecule has 1 fully saturated rings. The molecule has 0 amide bonds. The fraction of sp³-hybridized carbons (Fsp3) is 0.333. The van der Waals surface area contributed by atoms with Crippen LogP contribution in [0.2, 0.25) is 0 Å².